The van der Waals surface area contributed by atoms with E-state index in [4.69, 9.17) is 0 Å². The number of nitrogens with one attached hydrogen (secondary N) is 2. The van der Waals surface area contributed by atoms with E-state index in [1.54, 1.807) is 26.0 Å². The fraction of sp³-hybridized carbons (Fsp3) is 0.417. The maximum absolute atomic E-state index is 11.9. The number of sulfone groups is 1. The average Bonchev–Trinajstić information content (AvgIpc) is 2.64. The summed E-state index contributed by atoms with van der Waals surface area (Å²) in [6, 6.07) is 3.53. The van der Waals surface area contributed by atoms with Crippen molar-refractivity contribution in [2.45, 2.75) is 23.4 Å². The Morgan fingerprint density at radius 2 is 1.70 bits per heavy atom. The van der Waals surface area contributed by atoms with Gasteiger partial charge in [-0.2, -0.15) is 0 Å². The molecule has 1 unspecified atom stereocenters. The maximum Gasteiger partial charge on any atom is 0.323 e. The summed E-state index contributed by atoms with van der Waals surface area (Å²) in [7, 11) is -3.26. The topological polar surface area (TPSA) is 82.8 Å². The molecular formula is C12H14Br2N2O3S. The molecule has 1 aromatic carbocycles. The lowest BCUT2D eigenvalue weighted by molar-refractivity contribution is 0.548. The van der Waals surface area contributed by atoms with Crippen LogP contribution >= 0.6 is 31.9 Å². The Kier molecular flexibility index (Phi) is 3.94. The van der Waals surface area contributed by atoms with Crippen molar-refractivity contribution in [3.8, 4) is 0 Å². The summed E-state index contributed by atoms with van der Waals surface area (Å²) in [4.78, 5) is 16.2. The minimum atomic E-state index is -3.26. The number of benzene rings is 1. The number of hydrogen-bond acceptors (Lipinski definition) is 3. The number of halogens is 2. The van der Waals surface area contributed by atoms with E-state index >= 15 is 0 Å². The van der Waals surface area contributed by atoms with Crippen LogP contribution in [-0.4, -0.2) is 29.4 Å². The van der Waals surface area contributed by atoms with Gasteiger partial charge in [-0.1, -0.05) is 31.9 Å². The van der Waals surface area contributed by atoms with Crippen LogP contribution in [0.5, 0.6) is 0 Å². The van der Waals surface area contributed by atoms with E-state index < -0.39 is 19.4 Å². The minimum Gasteiger partial charge on any atom is -0.306 e. The summed E-state index contributed by atoms with van der Waals surface area (Å²) in [6.45, 7) is 3.33. The Bertz CT molecular complexity index is 821. The van der Waals surface area contributed by atoms with Gasteiger partial charge in [0.05, 0.1) is 20.6 Å². The molecule has 1 heterocycles. The lowest BCUT2D eigenvalue weighted by Gasteiger charge is -2.29. The van der Waals surface area contributed by atoms with Crippen molar-refractivity contribution in [2.24, 2.45) is 0 Å². The highest BCUT2D eigenvalue weighted by molar-refractivity contribution is 9.11. The van der Waals surface area contributed by atoms with Crippen LogP contribution in [0.4, 0.5) is 0 Å². The number of aromatic nitrogens is 2. The average molecular weight is 426 g/mol. The molecule has 0 saturated carbocycles. The molecule has 0 aliphatic rings. The highest BCUT2D eigenvalue weighted by atomic mass is 79.9. The molecule has 1 aromatic heterocycles. The monoisotopic (exact) mass is 424 g/mol. The Morgan fingerprint density at radius 3 is 2.20 bits per heavy atom. The van der Waals surface area contributed by atoms with Crippen molar-refractivity contribution in [2.75, 3.05) is 6.26 Å². The summed E-state index contributed by atoms with van der Waals surface area (Å²) in [5.74, 6) is 0. The highest BCUT2D eigenvalue weighted by Crippen LogP contribution is 2.42. The molecule has 2 aromatic rings. The molecule has 0 fully saturated rings. The van der Waals surface area contributed by atoms with E-state index in [-0.39, 0.29) is 5.69 Å². The molecule has 0 bridgehead atoms. The fourth-order valence-electron chi connectivity index (χ4n) is 1.83. The van der Waals surface area contributed by atoms with Crippen LogP contribution in [0.1, 0.15) is 24.2 Å². The van der Waals surface area contributed by atoms with Gasteiger partial charge in [0.25, 0.3) is 0 Å². The first-order valence-electron chi connectivity index (χ1n) is 5.79. The number of aromatic amines is 2. The van der Waals surface area contributed by atoms with Crippen LogP contribution in [0.3, 0.4) is 0 Å². The van der Waals surface area contributed by atoms with Gasteiger partial charge in [0.15, 0.2) is 9.84 Å². The van der Waals surface area contributed by atoms with E-state index in [0.717, 1.165) is 10.0 Å². The molecule has 0 aliphatic heterocycles. The van der Waals surface area contributed by atoms with E-state index in [2.05, 4.69) is 41.8 Å². The second kappa shape index (κ2) is 4.99. The molecule has 0 aliphatic carbocycles. The molecule has 0 amide bonds. The third-order valence-electron chi connectivity index (χ3n) is 3.47. The van der Waals surface area contributed by atoms with Crippen LogP contribution < -0.4 is 5.69 Å². The van der Waals surface area contributed by atoms with Gasteiger partial charge < -0.3 is 9.97 Å². The van der Waals surface area contributed by atoms with Crippen LogP contribution in [0, 0.1) is 0 Å². The van der Waals surface area contributed by atoms with E-state index in [0.29, 0.717) is 11.0 Å². The molecule has 1 atom stereocenters. The Balaban J connectivity index is 2.63. The van der Waals surface area contributed by atoms with Gasteiger partial charge in [-0.3, -0.25) is 0 Å². The molecular weight excluding hydrogens is 412 g/mol. The second-order valence-corrected chi connectivity index (χ2v) is 9.60. The van der Waals surface area contributed by atoms with Gasteiger partial charge in [-0.15, -0.1) is 0 Å². The molecule has 5 nitrogen and oxygen atoms in total. The first-order valence-corrected chi connectivity index (χ1v) is 9.39. The van der Waals surface area contributed by atoms with Crippen molar-refractivity contribution in [3.63, 3.8) is 0 Å². The zero-order chi connectivity index (χ0) is 15.3. The number of fused-ring (bicyclic) bond motifs is 1. The quantitative estimate of drug-likeness (QED) is 0.741. The standard InChI is InChI=1S/C12H14Br2N2O3S/c1-12(2,20(3,18)19)10(14)6-4-8-9(5-7(6)13)16-11(17)15-8/h4-5,10H,1-3H3,(H2,15,16,17). The van der Waals surface area contributed by atoms with Crippen molar-refractivity contribution in [1.29, 1.82) is 0 Å². The van der Waals surface area contributed by atoms with Gasteiger partial charge in [0, 0.05) is 10.7 Å². The summed E-state index contributed by atoms with van der Waals surface area (Å²) >= 11 is 6.90. The molecule has 0 saturated heterocycles. The SMILES string of the molecule is CC(C)(C(Br)c1cc2[nH]c(=O)[nH]c2cc1Br)S(C)(=O)=O. The molecule has 110 valence electrons. The van der Waals surface area contributed by atoms with Crippen molar-refractivity contribution in [3.05, 3.63) is 32.7 Å². The van der Waals surface area contributed by atoms with E-state index in [1.165, 1.54) is 6.26 Å². The number of alkyl halides is 1. The third kappa shape index (κ3) is 2.60. The molecule has 2 N–H and O–H groups in total. The molecule has 0 spiro atoms. The second-order valence-electron chi connectivity index (χ2n) is 5.24. The largest absolute Gasteiger partial charge is 0.323 e. The predicted octanol–water partition coefficient (Wildman–Crippen LogP) is 2.88. The maximum atomic E-state index is 11.9. The lowest BCUT2D eigenvalue weighted by Crippen LogP contribution is -2.35. The van der Waals surface area contributed by atoms with Crippen LogP contribution in [0.15, 0.2) is 21.4 Å². The zero-order valence-electron chi connectivity index (χ0n) is 11.1. The molecule has 20 heavy (non-hydrogen) atoms. The number of imidazole rings is 1. The van der Waals surface area contributed by atoms with Gasteiger partial charge in [0.1, 0.15) is 0 Å². The molecule has 0 radical (unpaired) electrons. The van der Waals surface area contributed by atoms with Gasteiger partial charge in [0.2, 0.25) is 0 Å². The normalized spacial score (nSPS) is 14.7. The Morgan fingerprint density at radius 1 is 1.20 bits per heavy atom. The Hall–Kier alpha value is -0.600. The van der Waals surface area contributed by atoms with Gasteiger partial charge in [-0.05, 0) is 31.5 Å². The first kappa shape index (κ1) is 15.8. The van der Waals surface area contributed by atoms with E-state index in [1.807, 2.05) is 0 Å². The van der Waals surface area contributed by atoms with Gasteiger partial charge >= 0.3 is 5.69 Å². The number of H-pyrrole nitrogens is 2. The summed E-state index contributed by atoms with van der Waals surface area (Å²) in [6.07, 6.45) is 1.21. The zero-order valence-corrected chi connectivity index (χ0v) is 15.1. The van der Waals surface area contributed by atoms with Gasteiger partial charge in [-0.25, -0.2) is 13.2 Å². The first-order chi connectivity index (χ1) is 9.04. The van der Waals surface area contributed by atoms with Crippen LogP contribution in [-0.2, 0) is 9.84 Å². The highest BCUT2D eigenvalue weighted by Gasteiger charge is 2.39. The van der Waals surface area contributed by atoms with E-state index in [9.17, 15) is 13.2 Å². The summed E-state index contributed by atoms with van der Waals surface area (Å²) < 4.78 is 23.6. The molecule has 8 heteroatoms. The van der Waals surface area contributed by atoms with Crippen molar-refractivity contribution in [1.82, 2.24) is 9.97 Å². The van der Waals surface area contributed by atoms with Crippen molar-refractivity contribution < 1.29 is 8.42 Å². The number of hydrogen-bond donors (Lipinski definition) is 2. The summed E-state index contributed by atoms with van der Waals surface area (Å²) in [5, 5.41) is 0. The summed E-state index contributed by atoms with van der Waals surface area (Å²) in [5.41, 5.74) is 1.78. The Labute approximate surface area is 133 Å². The predicted molar refractivity (Wildman–Crippen MR) is 87.2 cm³/mol. The fourth-order valence-corrected chi connectivity index (χ4v) is 4.61. The molecule has 2 rings (SSSR count). The minimum absolute atomic E-state index is 0.294. The van der Waals surface area contributed by atoms with Crippen LogP contribution in [0.2, 0.25) is 0 Å². The van der Waals surface area contributed by atoms with Crippen molar-refractivity contribution >= 4 is 52.7 Å². The number of rotatable bonds is 3. The van der Waals surface area contributed by atoms with Crippen LogP contribution in [0.25, 0.3) is 11.0 Å². The lowest BCUT2D eigenvalue weighted by atomic mass is 10.0. The third-order valence-corrected chi connectivity index (χ3v) is 8.25. The smallest absolute Gasteiger partial charge is 0.306 e.